The minimum atomic E-state index is -0.302. The Hall–Kier alpha value is -4.13. The van der Waals surface area contributed by atoms with Gasteiger partial charge in [-0.2, -0.15) is 5.10 Å². The van der Waals surface area contributed by atoms with Crippen LogP contribution in [0.25, 0.3) is 17.1 Å². The molecular formula is C24H20N4O3. The summed E-state index contributed by atoms with van der Waals surface area (Å²) in [5.74, 6) is 0.471. The second-order valence-electron chi connectivity index (χ2n) is 7.43. The zero-order chi connectivity index (χ0) is 21.2. The molecule has 2 N–H and O–H groups in total. The summed E-state index contributed by atoms with van der Waals surface area (Å²) in [6.45, 7) is 0. The molecule has 0 aliphatic heterocycles. The number of aromatic nitrogens is 2. The molecule has 2 aromatic carbocycles. The summed E-state index contributed by atoms with van der Waals surface area (Å²) in [5.41, 5.74) is 3.04. The molecule has 0 atom stereocenters. The summed E-state index contributed by atoms with van der Waals surface area (Å²) in [6.07, 6.45) is 3.48. The van der Waals surface area contributed by atoms with Crippen molar-refractivity contribution in [3.63, 3.8) is 0 Å². The molecule has 1 saturated carbocycles. The number of benzene rings is 2. The molecule has 0 spiro atoms. The van der Waals surface area contributed by atoms with E-state index in [9.17, 15) is 9.59 Å². The van der Waals surface area contributed by atoms with Crippen molar-refractivity contribution < 1.29 is 14.0 Å². The van der Waals surface area contributed by atoms with E-state index in [-0.39, 0.29) is 17.7 Å². The van der Waals surface area contributed by atoms with Crippen LogP contribution in [0.2, 0.25) is 0 Å². The Morgan fingerprint density at radius 2 is 1.61 bits per heavy atom. The predicted molar refractivity (Wildman–Crippen MR) is 117 cm³/mol. The summed E-state index contributed by atoms with van der Waals surface area (Å²) < 4.78 is 7.04. The third-order valence-corrected chi connectivity index (χ3v) is 5.07. The van der Waals surface area contributed by atoms with Crippen LogP contribution < -0.4 is 10.6 Å². The lowest BCUT2D eigenvalue weighted by molar-refractivity contribution is -0.117. The molecule has 0 bridgehead atoms. The number of nitrogens with one attached hydrogen (secondary N) is 2. The van der Waals surface area contributed by atoms with Crippen LogP contribution in [0, 0.1) is 5.92 Å². The summed E-state index contributed by atoms with van der Waals surface area (Å²) >= 11 is 0. The van der Waals surface area contributed by atoms with Crippen LogP contribution >= 0.6 is 0 Å². The largest absolute Gasteiger partial charge is 0.463 e. The van der Waals surface area contributed by atoms with Gasteiger partial charge in [0.25, 0.3) is 5.91 Å². The number of hydrogen-bond donors (Lipinski definition) is 2. The molecule has 31 heavy (non-hydrogen) atoms. The van der Waals surface area contributed by atoms with E-state index in [0.29, 0.717) is 28.5 Å². The van der Waals surface area contributed by atoms with E-state index in [1.165, 1.54) is 0 Å². The van der Waals surface area contributed by atoms with Crippen LogP contribution in [0.1, 0.15) is 23.3 Å². The number of carbonyl (C=O) groups is 2. The third-order valence-electron chi connectivity index (χ3n) is 5.07. The quantitative estimate of drug-likeness (QED) is 0.479. The monoisotopic (exact) mass is 412 g/mol. The highest BCUT2D eigenvalue weighted by molar-refractivity contribution is 6.04. The normalized spacial score (nSPS) is 13.0. The van der Waals surface area contributed by atoms with E-state index < -0.39 is 0 Å². The van der Waals surface area contributed by atoms with E-state index in [0.717, 1.165) is 18.5 Å². The standard InChI is InChI=1S/C24H20N4O3/c29-23(16-8-9-16)25-17-10-12-18(13-11-17)26-24(30)21-15-20(22-7-4-14-31-22)27-28(21)19-5-2-1-3-6-19/h1-7,10-16H,8-9H2,(H,25,29)(H,26,30). The maximum absolute atomic E-state index is 13.1. The van der Waals surface area contributed by atoms with Crippen LogP contribution in [0.3, 0.4) is 0 Å². The van der Waals surface area contributed by atoms with Gasteiger partial charge in [-0.05, 0) is 61.4 Å². The molecule has 5 rings (SSSR count). The topological polar surface area (TPSA) is 89.2 Å². The van der Waals surface area contributed by atoms with E-state index in [1.54, 1.807) is 53.4 Å². The fourth-order valence-corrected chi connectivity index (χ4v) is 3.28. The maximum atomic E-state index is 13.1. The summed E-state index contributed by atoms with van der Waals surface area (Å²) in [5, 5.41) is 10.4. The van der Waals surface area contributed by atoms with Crippen LogP contribution in [-0.4, -0.2) is 21.6 Å². The molecule has 4 aromatic rings. The fraction of sp³-hybridized carbons (Fsp3) is 0.125. The number of nitrogens with zero attached hydrogens (tertiary/aromatic N) is 2. The first kappa shape index (κ1) is 18.9. The van der Waals surface area contributed by atoms with Gasteiger partial charge in [0.2, 0.25) is 5.91 Å². The van der Waals surface area contributed by atoms with Crippen molar-refractivity contribution in [3.05, 3.63) is 84.8 Å². The number of amides is 2. The highest BCUT2D eigenvalue weighted by Gasteiger charge is 2.29. The number of furan rings is 1. The highest BCUT2D eigenvalue weighted by Crippen LogP contribution is 2.30. The van der Waals surface area contributed by atoms with Crippen LogP contribution in [-0.2, 0) is 4.79 Å². The lowest BCUT2D eigenvalue weighted by Gasteiger charge is -2.09. The van der Waals surface area contributed by atoms with Gasteiger partial charge in [-0.15, -0.1) is 0 Å². The summed E-state index contributed by atoms with van der Waals surface area (Å²) in [6, 6.07) is 21.8. The molecule has 1 aliphatic carbocycles. The second kappa shape index (κ2) is 7.95. The molecule has 0 unspecified atom stereocenters. The number of rotatable bonds is 6. The Morgan fingerprint density at radius 1 is 0.903 bits per heavy atom. The molecule has 7 nitrogen and oxygen atoms in total. The van der Waals surface area contributed by atoms with Crippen molar-refractivity contribution in [1.29, 1.82) is 0 Å². The van der Waals surface area contributed by atoms with Crippen LogP contribution in [0.15, 0.2) is 83.5 Å². The lowest BCUT2D eigenvalue weighted by Crippen LogP contribution is -2.17. The number of para-hydroxylation sites is 1. The third kappa shape index (κ3) is 4.11. The molecule has 2 heterocycles. The molecule has 0 radical (unpaired) electrons. The maximum Gasteiger partial charge on any atom is 0.274 e. The van der Waals surface area contributed by atoms with Gasteiger partial charge >= 0.3 is 0 Å². The van der Waals surface area contributed by atoms with Gasteiger partial charge < -0.3 is 15.1 Å². The molecule has 2 aromatic heterocycles. The van der Waals surface area contributed by atoms with Crippen LogP contribution in [0.4, 0.5) is 11.4 Å². The van der Waals surface area contributed by atoms with Crippen molar-refractivity contribution in [2.45, 2.75) is 12.8 Å². The van der Waals surface area contributed by atoms with E-state index >= 15 is 0 Å². The van der Waals surface area contributed by atoms with Crippen molar-refractivity contribution in [2.75, 3.05) is 10.6 Å². The molecule has 0 saturated heterocycles. The van der Waals surface area contributed by atoms with Gasteiger partial charge in [-0.1, -0.05) is 18.2 Å². The Kier molecular flexibility index (Phi) is 4.84. The Bertz CT molecular complexity index is 1210. The SMILES string of the molecule is O=C(Nc1ccc(NC(=O)C2CC2)cc1)c1cc(-c2ccco2)nn1-c1ccccc1. The van der Waals surface area contributed by atoms with E-state index in [4.69, 9.17) is 4.42 Å². The average Bonchev–Trinajstić information content (AvgIpc) is 3.32. The van der Waals surface area contributed by atoms with Crippen molar-refractivity contribution in [3.8, 4) is 17.1 Å². The number of anilines is 2. The molecule has 1 aliphatic rings. The molecule has 1 fully saturated rings. The van der Waals surface area contributed by atoms with Crippen molar-refractivity contribution >= 4 is 23.2 Å². The first-order chi connectivity index (χ1) is 15.2. The molecule has 154 valence electrons. The van der Waals surface area contributed by atoms with Gasteiger partial charge in [0.15, 0.2) is 5.76 Å². The Balaban J connectivity index is 1.38. The average molecular weight is 412 g/mol. The minimum Gasteiger partial charge on any atom is -0.463 e. The lowest BCUT2D eigenvalue weighted by atomic mass is 10.2. The Morgan fingerprint density at radius 3 is 2.26 bits per heavy atom. The predicted octanol–water partition coefficient (Wildman–Crippen LogP) is 4.73. The summed E-state index contributed by atoms with van der Waals surface area (Å²) in [7, 11) is 0. The van der Waals surface area contributed by atoms with E-state index in [2.05, 4.69) is 15.7 Å². The molecule has 7 heteroatoms. The smallest absolute Gasteiger partial charge is 0.274 e. The fourth-order valence-electron chi connectivity index (χ4n) is 3.28. The minimum absolute atomic E-state index is 0.0500. The van der Waals surface area contributed by atoms with Gasteiger partial charge in [-0.3, -0.25) is 9.59 Å². The van der Waals surface area contributed by atoms with Gasteiger partial charge in [0, 0.05) is 23.4 Å². The zero-order valence-electron chi connectivity index (χ0n) is 16.6. The van der Waals surface area contributed by atoms with Crippen molar-refractivity contribution in [2.24, 2.45) is 5.92 Å². The number of carbonyl (C=O) groups excluding carboxylic acids is 2. The summed E-state index contributed by atoms with van der Waals surface area (Å²) in [4.78, 5) is 25.0. The second-order valence-corrected chi connectivity index (χ2v) is 7.43. The van der Waals surface area contributed by atoms with Crippen molar-refractivity contribution in [1.82, 2.24) is 9.78 Å². The zero-order valence-corrected chi connectivity index (χ0v) is 16.6. The molecular weight excluding hydrogens is 392 g/mol. The van der Waals surface area contributed by atoms with Gasteiger partial charge in [0.05, 0.1) is 12.0 Å². The van der Waals surface area contributed by atoms with Gasteiger partial charge in [-0.25, -0.2) is 4.68 Å². The first-order valence-electron chi connectivity index (χ1n) is 10.1. The Labute approximate surface area is 178 Å². The first-order valence-corrected chi connectivity index (χ1v) is 10.1. The molecule has 2 amide bonds. The highest BCUT2D eigenvalue weighted by atomic mass is 16.3. The van der Waals surface area contributed by atoms with E-state index in [1.807, 2.05) is 30.3 Å². The van der Waals surface area contributed by atoms with Gasteiger partial charge in [0.1, 0.15) is 11.4 Å². The van der Waals surface area contributed by atoms with Crippen LogP contribution in [0.5, 0.6) is 0 Å². The number of hydrogen-bond acceptors (Lipinski definition) is 4.